The molecule has 5 nitrogen and oxygen atoms in total. The van der Waals surface area contributed by atoms with Crippen molar-refractivity contribution in [2.24, 2.45) is 0 Å². The number of thiophene rings is 2. The Labute approximate surface area is 177 Å². The van der Waals surface area contributed by atoms with E-state index in [-0.39, 0.29) is 18.1 Å². The van der Waals surface area contributed by atoms with Crippen LogP contribution in [-0.2, 0) is 11.2 Å². The van der Waals surface area contributed by atoms with Gasteiger partial charge in [0.05, 0.1) is 19.1 Å². The van der Waals surface area contributed by atoms with Crippen LogP contribution in [0.15, 0.2) is 53.2 Å². The van der Waals surface area contributed by atoms with E-state index >= 15 is 0 Å². The lowest BCUT2D eigenvalue weighted by molar-refractivity contribution is -0.123. The molecular formula is C22H22N2O3S2. The van der Waals surface area contributed by atoms with E-state index in [1.54, 1.807) is 11.3 Å². The number of hydrogen-bond donors (Lipinski definition) is 1. The predicted octanol–water partition coefficient (Wildman–Crippen LogP) is 3.71. The van der Waals surface area contributed by atoms with Gasteiger partial charge in [0.2, 0.25) is 5.91 Å². The van der Waals surface area contributed by atoms with Crippen LogP contribution in [0.5, 0.6) is 11.5 Å². The summed E-state index contributed by atoms with van der Waals surface area (Å²) in [4.78, 5) is 17.7. The molecule has 2 aliphatic rings. The Balaban J connectivity index is 1.22. The maximum absolute atomic E-state index is 12.7. The summed E-state index contributed by atoms with van der Waals surface area (Å²) >= 11 is 3.57. The molecule has 1 aromatic carbocycles. The minimum absolute atomic E-state index is 0.0210. The summed E-state index contributed by atoms with van der Waals surface area (Å²) in [5, 5.41) is 7.30. The molecule has 1 N–H and O–H groups in total. The zero-order valence-corrected chi connectivity index (χ0v) is 17.5. The third kappa shape index (κ3) is 3.90. The van der Waals surface area contributed by atoms with Gasteiger partial charge in [-0.1, -0.05) is 18.2 Å². The minimum atomic E-state index is -0.174. The fourth-order valence-electron chi connectivity index (χ4n) is 3.95. The van der Waals surface area contributed by atoms with Gasteiger partial charge in [0.1, 0.15) is 12.7 Å². The number of nitrogens with one attached hydrogen (secondary N) is 1. The van der Waals surface area contributed by atoms with Crippen LogP contribution in [0, 0.1) is 0 Å². The molecule has 0 fully saturated rings. The highest BCUT2D eigenvalue weighted by Gasteiger charge is 2.31. The lowest BCUT2D eigenvalue weighted by Gasteiger charge is -2.35. The number of carbonyl (C=O) groups is 1. The smallest absolute Gasteiger partial charge is 0.234 e. The van der Waals surface area contributed by atoms with Gasteiger partial charge in [0, 0.05) is 16.3 Å². The number of carbonyl (C=O) groups excluding carboxylic acids is 1. The van der Waals surface area contributed by atoms with Crippen molar-refractivity contribution in [1.29, 1.82) is 0 Å². The largest absolute Gasteiger partial charge is 0.486 e. The molecule has 0 saturated heterocycles. The Hall–Kier alpha value is -2.35. The van der Waals surface area contributed by atoms with Gasteiger partial charge in [-0.05, 0) is 47.0 Å². The Kier molecular flexibility index (Phi) is 5.26. The first-order valence-corrected chi connectivity index (χ1v) is 11.5. The number of fused-ring (bicyclic) bond motifs is 2. The highest BCUT2D eigenvalue weighted by Crippen LogP contribution is 2.39. The van der Waals surface area contributed by atoms with Crippen LogP contribution in [0.1, 0.15) is 21.4 Å². The average molecular weight is 427 g/mol. The standard InChI is InChI=1S/C22H22N2O3S2/c25-21(23-12-15-14-26-17-4-1-2-5-18(17)27-15)13-24-9-7-19-16(8-11-29-19)22(24)20-6-3-10-28-20/h1-6,8,10-11,15,22H,7,9,12-14H2,(H,23,25). The summed E-state index contributed by atoms with van der Waals surface area (Å²) in [6, 6.07) is 14.2. The summed E-state index contributed by atoms with van der Waals surface area (Å²) in [5.41, 5.74) is 1.34. The number of hydrogen-bond acceptors (Lipinski definition) is 6. The lowest BCUT2D eigenvalue weighted by Crippen LogP contribution is -2.46. The van der Waals surface area contributed by atoms with Gasteiger partial charge in [-0.3, -0.25) is 9.69 Å². The second-order valence-corrected chi connectivity index (χ2v) is 9.22. The predicted molar refractivity (Wildman–Crippen MR) is 115 cm³/mol. The van der Waals surface area contributed by atoms with Gasteiger partial charge < -0.3 is 14.8 Å². The van der Waals surface area contributed by atoms with E-state index in [2.05, 4.69) is 39.2 Å². The minimum Gasteiger partial charge on any atom is -0.486 e. The molecule has 0 saturated carbocycles. The molecule has 2 unspecified atom stereocenters. The zero-order valence-electron chi connectivity index (χ0n) is 15.9. The van der Waals surface area contributed by atoms with E-state index in [0.29, 0.717) is 19.7 Å². The van der Waals surface area contributed by atoms with Crippen molar-refractivity contribution in [3.63, 3.8) is 0 Å². The molecule has 2 aromatic heterocycles. The summed E-state index contributed by atoms with van der Waals surface area (Å²) in [6.45, 7) is 2.15. The number of benzene rings is 1. The molecule has 4 heterocycles. The van der Waals surface area contributed by atoms with Crippen molar-refractivity contribution in [3.8, 4) is 11.5 Å². The molecule has 7 heteroatoms. The molecule has 0 bridgehead atoms. The second-order valence-electron chi connectivity index (χ2n) is 7.24. The quantitative estimate of drug-likeness (QED) is 0.676. The molecule has 150 valence electrons. The fourth-order valence-corrected chi connectivity index (χ4v) is 5.73. The van der Waals surface area contributed by atoms with Gasteiger partial charge in [-0.25, -0.2) is 0 Å². The maximum Gasteiger partial charge on any atom is 0.234 e. The van der Waals surface area contributed by atoms with E-state index < -0.39 is 0 Å². The average Bonchev–Trinajstić information content (AvgIpc) is 3.44. The summed E-state index contributed by atoms with van der Waals surface area (Å²) < 4.78 is 11.7. The van der Waals surface area contributed by atoms with Crippen molar-refractivity contribution in [1.82, 2.24) is 10.2 Å². The first-order chi connectivity index (χ1) is 14.3. The van der Waals surface area contributed by atoms with Crippen LogP contribution in [0.25, 0.3) is 0 Å². The Morgan fingerprint density at radius 3 is 2.86 bits per heavy atom. The van der Waals surface area contributed by atoms with Gasteiger partial charge in [0.15, 0.2) is 11.5 Å². The summed E-state index contributed by atoms with van der Waals surface area (Å²) in [6.07, 6.45) is 0.824. The molecular weight excluding hydrogens is 404 g/mol. The molecule has 29 heavy (non-hydrogen) atoms. The monoisotopic (exact) mass is 426 g/mol. The third-order valence-corrected chi connectivity index (χ3v) is 7.24. The molecule has 5 rings (SSSR count). The van der Waals surface area contributed by atoms with E-state index in [9.17, 15) is 4.79 Å². The number of ether oxygens (including phenoxy) is 2. The van der Waals surface area contributed by atoms with E-state index in [4.69, 9.17) is 9.47 Å². The van der Waals surface area contributed by atoms with Crippen molar-refractivity contribution < 1.29 is 14.3 Å². The molecule has 1 amide bonds. The van der Waals surface area contributed by atoms with Crippen LogP contribution >= 0.6 is 22.7 Å². The maximum atomic E-state index is 12.7. The van der Waals surface area contributed by atoms with Crippen LogP contribution in [-0.4, -0.2) is 43.2 Å². The highest BCUT2D eigenvalue weighted by molar-refractivity contribution is 7.10. The number of nitrogens with zero attached hydrogens (tertiary/aromatic N) is 1. The zero-order chi connectivity index (χ0) is 19.6. The highest BCUT2D eigenvalue weighted by atomic mass is 32.1. The van der Waals surface area contributed by atoms with Crippen molar-refractivity contribution >= 4 is 28.6 Å². The first-order valence-electron chi connectivity index (χ1n) is 9.77. The molecule has 0 aliphatic carbocycles. The second kappa shape index (κ2) is 8.18. The molecule has 0 radical (unpaired) electrons. The first kappa shape index (κ1) is 18.7. The normalized spacial score (nSPS) is 20.8. The van der Waals surface area contributed by atoms with Gasteiger partial charge in [-0.2, -0.15) is 0 Å². The van der Waals surface area contributed by atoms with Crippen molar-refractivity contribution in [3.05, 3.63) is 68.5 Å². The third-order valence-electron chi connectivity index (χ3n) is 5.32. The molecule has 2 atom stereocenters. The summed E-state index contributed by atoms with van der Waals surface area (Å²) in [5.74, 6) is 1.51. The van der Waals surface area contributed by atoms with E-state index in [0.717, 1.165) is 24.5 Å². The Bertz CT molecular complexity index is 986. The molecule has 3 aromatic rings. The number of para-hydroxylation sites is 2. The van der Waals surface area contributed by atoms with Crippen LogP contribution < -0.4 is 14.8 Å². The fraction of sp³-hybridized carbons (Fsp3) is 0.318. The van der Waals surface area contributed by atoms with Crippen molar-refractivity contribution in [2.45, 2.75) is 18.6 Å². The van der Waals surface area contributed by atoms with E-state index in [1.807, 2.05) is 35.6 Å². The van der Waals surface area contributed by atoms with Crippen LogP contribution in [0.3, 0.4) is 0 Å². The molecule has 0 spiro atoms. The Morgan fingerprint density at radius 2 is 2.00 bits per heavy atom. The SMILES string of the molecule is O=C(CN1CCc2sccc2C1c1cccs1)NCC1COc2ccccc2O1. The van der Waals surface area contributed by atoms with Gasteiger partial charge in [0.25, 0.3) is 0 Å². The number of rotatable bonds is 5. The van der Waals surface area contributed by atoms with E-state index in [1.165, 1.54) is 15.3 Å². The van der Waals surface area contributed by atoms with Crippen LogP contribution in [0.4, 0.5) is 0 Å². The van der Waals surface area contributed by atoms with Crippen LogP contribution in [0.2, 0.25) is 0 Å². The lowest BCUT2D eigenvalue weighted by atomic mass is 9.98. The topological polar surface area (TPSA) is 50.8 Å². The number of amides is 1. The Morgan fingerprint density at radius 1 is 1.10 bits per heavy atom. The van der Waals surface area contributed by atoms with Gasteiger partial charge in [-0.15, -0.1) is 22.7 Å². The van der Waals surface area contributed by atoms with Crippen molar-refractivity contribution in [2.75, 3.05) is 26.2 Å². The molecule has 2 aliphatic heterocycles. The summed E-state index contributed by atoms with van der Waals surface area (Å²) in [7, 11) is 0. The van der Waals surface area contributed by atoms with Gasteiger partial charge >= 0.3 is 0 Å².